The SMILES string of the molecule is [C-]#[N+]c1nn(CCC)c2ccc(-n3cc(C(=O)O)cn3)cc12. The van der Waals surface area contributed by atoms with Crippen LogP contribution in [0.25, 0.3) is 21.4 Å². The Labute approximate surface area is 126 Å². The van der Waals surface area contributed by atoms with E-state index in [-0.39, 0.29) is 5.56 Å². The molecular formula is C15H13N5O2. The van der Waals surface area contributed by atoms with Gasteiger partial charge in [0, 0.05) is 11.6 Å². The van der Waals surface area contributed by atoms with Crippen LogP contribution in [0.5, 0.6) is 0 Å². The molecular weight excluding hydrogens is 282 g/mol. The summed E-state index contributed by atoms with van der Waals surface area (Å²) >= 11 is 0. The normalized spacial score (nSPS) is 10.7. The van der Waals surface area contributed by atoms with E-state index in [0.29, 0.717) is 11.5 Å². The quantitative estimate of drug-likeness (QED) is 0.751. The lowest BCUT2D eigenvalue weighted by Gasteiger charge is -2.02. The fourth-order valence-electron chi connectivity index (χ4n) is 2.33. The fraction of sp³-hybridized carbons (Fsp3) is 0.200. The van der Waals surface area contributed by atoms with Crippen molar-refractivity contribution >= 4 is 22.7 Å². The number of carboxylic acids is 1. The highest BCUT2D eigenvalue weighted by atomic mass is 16.4. The van der Waals surface area contributed by atoms with E-state index in [1.54, 1.807) is 6.07 Å². The molecule has 0 aliphatic carbocycles. The van der Waals surface area contributed by atoms with Crippen LogP contribution in [0.2, 0.25) is 0 Å². The number of aromatic carboxylic acids is 1. The maximum absolute atomic E-state index is 10.9. The van der Waals surface area contributed by atoms with Crippen molar-refractivity contribution in [2.45, 2.75) is 19.9 Å². The molecule has 3 aromatic rings. The average molecular weight is 295 g/mol. The van der Waals surface area contributed by atoms with Crippen molar-refractivity contribution in [2.75, 3.05) is 0 Å². The Hall–Kier alpha value is -3.14. The van der Waals surface area contributed by atoms with Gasteiger partial charge in [-0.3, -0.25) is 0 Å². The van der Waals surface area contributed by atoms with Gasteiger partial charge >= 0.3 is 11.8 Å². The largest absolute Gasteiger partial charge is 0.478 e. The third-order valence-corrected chi connectivity index (χ3v) is 3.35. The second-order valence-electron chi connectivity index (χ2n) is 4.84. The topological polar surface area (TPSA) is 77.3 Å². The molecule has 0 atom stereocenters. The van der Waals surface area contributed by atoms with Crippen molar-refractivity contribution in [3.8, 4) is 5.69 Å². The predicted octanol–water partition coefficient (Wildman–Crippen LogP) is 2.88. The van der Waals surface area contributed by atoms with Gasteiger partial charge in [-0.1, -0.05) is 13.5 Å². The minimum absolute atomic E-state index is 0.118. The zero-order valence-electron chi connectivity index (χ0n) is 11.9. The Bertz CT molecular complexity index is 900. The molecule has 0 saturated heterocycles. The van der Waals surface area contributed by atoms with Crippen LogP contribution in [0.4, 0.5) is 5.82 Å². The molecule has 1 aromatic carbocycles. The summed E-state index contributed by atoms with van der Waals surface area (Å²) in [5.74, 6) is -0.680. The van der Waals surface area contributed by atoms with Crippen molar-refractivity contribution in [3.05, 3.63) is 47.6 Å². The Morgan fingerprint density at radius 1 is 1.45 bits per heavy atom. The van der Waals surface area contributed by atoms with Crippen molar-refractivity contribution < 1.29 is 9.90 Å². The molecule has 0 aliphatic rings. The lowest BCUT2D eigenvalue weighted by atomic mass is 10.2. The molecule has 0 fully saturated rings. The second kappa shape index (κ2) is 5.33. The molecule has 1 N–H and O–H groups in total. The van der Waals surface area contributed by atoms with Gasteiger partial charge in [-0.15, -0.1) is 0 Å². The van der Waals surface area contributed by atoms with E-state index < -0.39 is 5.97 Å². The molecule has 3 rings (SSSR count). The molecule has 2 aromatic heterocycles. The summed E-state index contributed by atoms with van der Waals surface area (Å²) in [6.45, 7) is 10.1. The lowest BCUT2D eigenvalue weighted by molar-refractivity contribution is 0.0697. The number of aryl methyl sites for hydroxylation is 1. The number of aromatic nitrogens is 4. The first-order valence-electron chi connectivity index (χ1n) is 6.80. The summed E-state index contributed by atoms with van der Waals surface area (Å²) < 4.78 is 3.30. The number of rotatable bonds is 4. The number of hydrogen-bond acceptors (Lipinski definition) is 3. The van der Waals surface area contributed by atoms with Gasteiger partial charge in [0.05, 0.1) is 29.5 Å². The molecule has 22 heavy (non-hydrogen) atoms. The van der Waals surface area contributed by atoms with Crippen molar-refractivity contribution in [1.29, 1.82) is 0 Å². The van der Waals surface area contributed by atoms with Gasteiger partial charge < -0.3 is 9.95 Å². The molecule has 0 radical (unpaired) electrons. The molecule has 7 nitrogen and oxygen atoms in total. The van der Waals surface area contributed by atoms with Gasteiger partial charge in [0.1, 0.15) is 0 Å². The molecule has 2 heterocycles. The predicted molar refractivity (Wildman–Crippen MR) is 80.4 cm³/mol. The van der Waals surface area contributed by atoms with Crippen LogP contribution in [-0.2, 0) is 6.54 Å². The van der Waals surface area contributed by atoms with E-state index in [1.165, 1.54) is 17.1 Å². The minimum Gasteiger partial charge on any atom is -0.478 e. The average Bonchev–Trinajstić information content (AvgIpc) is 3.12. The standard InChI is InChI=1S/C15H13N5O2/c1-3-6-19-13-5-4-11(7-12(13)14(16-2)18-19)20-9-10(8-17-20)15(21)22/h4-5,7-9H,3,6H2,1H3,(H,21,22). The van der Waals surface area contributed by atoms with E-state index >= 15 is 0 Å². The molecule has 7 heteroatoms. The zero-order valence-corrected chi connectivity index (χ0v) is 11.9. The monoisotopic (exact) mass is 295 g/mol. The lowest BCUT2D eigenvalue weighted by Crippen LogP contribution is -1.99. The number of hydrogen-bond donors (Lipinski definition) is 1. The van der Waals surface area contributed by atoms with E-state index in [2.05, 4.69) is 22.0 Å². The van der Waals surface area contributed by atoms with Crippen LogP contribution in [-0.4, -0.2) is 30.6 Å². The van der Waals surface area contributed by atoms with E-state index in [4.69, 9.17) is 11.7 Å². The van der Waals surface area contributed by atoms with Gasteiger partial charge in [0.15, 0.2) is 0 Å². The summed E-state index contributed by atoms with van der Waals surface area (Å²) in [7, 11) is 0. The maximum atomic E-state index is 10.9. The van der Waals surface area contributed by atoms with Crippen molar-refractivity contribution in [1.82, 2.24) is 19.6 Å². The molecule has 0 spiro atoms. The molecule has 0 saturated carbocycles. The summed E-state index contributed by atoms with van der Waals surface area (Å²) in [6.07, 6.45) is 3.66. The van der Waals surface area contributed by atoms with Crippen LogP contribution in [0.1, 0.15) is 23.7 Å². The van der Waals surface area contributed by atoms with E-state index in [1.807, 2.05) is 16.8 Å². The molecule has 0 aliphatic heterocycles. The molecule has 0 bridgehead atoms. The van der Waals surface area contributed by atoms with Crippen LogP contribution in [0.15, 0.2) is 30.6 Å². The number of fused-ring (bicyclic) bond motifs is 1. The van der Waals surface area contributed by atoms with Crippen molar-refractivity contribution in [3.63, 3.8) is 0 Å². The van der Waals surface area contributed by atoms with Crippen molar-refractivity contribution in [2.24, 2.45) is 0 Å². The third-order valence-electron chi connectivity index (χ3n) is 3.35. The Morgan fingerprint density at radius 2 is 2.27 bits per heavy atom. The second-order valence-corrected chi connectivity index (χ2v) is 4.84. The fourth-order valence-corrected chi connectivity index (χ4v) is 2.33. The van der Waals surface area contributed by atoms with Crippen LogP contribution in [0.3, 0.4) is 0 Å². The maximum Gasteiger partial charge on any atom is 0.338 e. The van der Waals surface area contributed by atoms with Gasteiger partial charge in [-0.2, -0.15) is 9.78 Å². The van der Waals surface area contributed by atoms with Crippen LogP contribution in [0, 0.1) is 6.57 Å². The van der Waals surface area contributed by atoms with Crippen LogP contribution < -0.4 is 0 Å². The molecule has 0 unspecified atom stereocenters. The first-order valence-corrected chi connectivity index (χ1v) is 6.80. The highest BCUT2D eigenvalue weighted by Gasteiger charge is 2.14. The first kappa shape index (κ1) is 13.8. The van der Waals surface area contributed by atoms with Gasteiger partial charge in [0.25, 0.3) is 0 Å². The van der Waals surface area contributed by atoms with Crippen LogP contribution >= 0.6 is 0 Å². The third kappa shape index (κ3) is 2.20. The number of carbonyl (C=O) groups is 1. The summed E-state index contributed by atoms with van der Waals surface area (Å²) in [5, 5.41) is 18.0. The zero-order chi connectivity index (χ0) is 15.7. The van der Waals surface area contributed by atoms with E-state index in [9.17, 15) is 4.79 Å². The van der Waals surface area contributed by atoms with Gasteiger partial charge in [-0.25, -0.2) is 9.48 Å². The Balaban J connectivity index is 2.12. The molecule has 0 amide bonds. The van der Waals surface area contributed by atoms with Gasteiger partial charge in [0.2, 0.25) is 0 Å². The smallest absolute Gasteiger partial charge is 0.338 e. The highest BCUT2D eigenvalue weighted by molar-refractivity contribution is 5.92. The summed E-state index contributed by atoms with van der Waals surface area (Å²) in [6, 6.07) is 5.52. The number of benzene rings is 1. The Morgan fingerprint density at radius 3 is 2.91 bits per heavy atom. The summed E-state index contributed by atoms with van der Waals surface area (Å²) in [5.41, 5.74) is 1.70. The number of carboxylic acid groups (broad SMARTS) is 1. The summed E-state index contributed by atoms with van der Waals surface area (Å²) in [4.78, 5) is 14.4. The highest BCUT2D eigenvalue weighted by Crippen LogP contribution is 2.27. The minimum atomic E-state index is -1.02. The number of nitrogens with zero attached hydrogens (tertiary/aromatic N) is 5. The Kier molecular flexibility index (Phi) is 3.35. The molecule has 110 valence electrons. The first-order chi connectivity index (χ1) is 10.6. The van der Waals surface area contributed by atoms with E-state index in [0.717, 1.165) is 23.9 Å². The van der Waals surface area contributed by atoms with Gasteiger partial charge in [-0.05, 0) is 29.7 Å².